The third kappa shape index (κ3) is 3.78. The predicted octanol–water partition coefficient (Wildman–Crippen LogP) is 1.000. The molecular formula is C14H20BrN2O2+. The molecule has 104 valence electrons. The van der Waals surface area contributed by atoms with Crippen molar-refractivity contribution in [2.75, 3.05) is 31.6 Å². The highest BCUT2D eigenvalue weighted by molar-refractivity contribution is 9.10. The topological polar surface area (TPSA) is 42.8 Å². The molecule has 1 heterocycles. The number of carbonyl (C=O) groups excluding carboxylic acids is 1. The van der Waals surface area contributed by atoms with E-state index >= 15 is 0 Å². The van der Waals surface area contributed by atoms with E-state index in [9.17, 15) is 4.79 Å². The van der Waals surface area contributed by atoms with Crippen molar-refractivity contribution < 1.29 is 14.4 Å². The van der Waals surface area contributed by atoms with Crippen LogP contribution in [0.5, 0.6) is 0 Å². The van der Waals surface area contributed by atoms with Crippen LogP contribution in [0, 0.1) is 6.92 Å². The van der Waals surface area contributed by atoms with E-state index < -0.39 is 0 Å². The Kier molecular flexibility index (Phi) is 4.96. The van der Waals surface area contributed by atoms with Crippen molar-refractivity contribution in [2.45, 2.75) is 19.9 Å². The molecule has 4 nitrogen and oxygen atoms in total. The molecular weight excluding hydrogens is 308 g/mol. The Morgan fingerprint density at radius 1 is 1.42 bits per heavy atom. The first kappa shape index (κ1) is 14.5. The molecule has 0 saturated carbocycles. The number of anilines is 1. The van der Waals surface area contributed by atoms with Crippen LogP contribution >= 0.6 is 15.9 Å². The Labute approximate surface area is 122 Å². The number of aryl methyl sites for hydroxylation is 1. The summed E-state index contributed by atoms with van der Waals surface area (Å²) >= 11 is 3.48. The second-order valence-electron chi connectivity index (χ2n) is 4.96. The zero-order valence-electron chi connectivity index (χ0n) is 11.3. The normalized spacial score (nSPS) is 18.1. The molecule has 2 N–H and O–H groups in total. The maximum Gasteiger partial charge on any atom is 0.282 e. The number of benzene rings is 1. The predicted molar refractivity (Wildman–Crippen MR) is 78.5 cm³/mol. The highest BCUT2D eigenvalue weighted by Crippen LogP contribution is 2.23. The molecule has 5 heteroatoms. The van der Waals surface area contributed by atoms with Crippen LogP contribution in [0.4, 0.5) is 5.69 Å². The molecule has 1 aromatic carbocycles. The molecule has 1 fully saturated rings. The summed E-state index contributed by atoms with van der Waals surface area (Å²) in [5.74, 6) is 0.0569. The second-order valence-corrected chi connectivity index (χ2v) is 5.82. The van der Waals surface area contributed by atoms with Gasteiger partial charge in [-0.3, -0.25) is 4.79 Å². The average Bonchev–Trinajstić information content (AvgIpc) is 2.42. The van der Waals surface area contributed by atoms with Crippen molar-refractivity contribution in [1.82, 2.24) is 0 Å². The van der Waals surface area contributed by atoms with Crippen molar-refractivity contribution in [1.29, 1.82) is 0 Å². The van der Waals surface area contributed by atoms with Crippen LogP contribution in [0.2, 0.25) is 0 Å². The number of nitrogens with one attached hydrogen (secondary N) is 2. The number of rotatable bonds is 3. The lowest BCUT2D eigenvalue weighted by atomic mass is 10.2. The molecule has 0 radical (unpaired) electrons. The number of amides is 1. The van der Waals surface area contributed by atoms with Gasteiger partial charge in [-0.15, -0.1) is 0 Å². The third-order valence-electron chi connectivity index (χ3n) is 3.52. The van der Waals surface area contributed by atoms with Gasteiger partial charge in [0.1, 0.15) is 13.1 Å². The molecule has 1 aliphatic heterocycles. The van der Waals surface area contributed by atoms with Gasteiger partial charge in [0.05, 0.1) is 18.9 Å². The summed E-state index contributed by atoms with van der Waals surface area (Å²) in [5.41, 5.74) is 1.99. The third-order valence-corrected chi connectivity index (χ3v) is 4.18. The molecule has 1 amide bonds. The average molecular weight is 328 g/mol. The van der Waals surface area contributed by atoms with Gasteiger partial charge in [0.15, 0.2) is 6.04 Å². The summed E-state index contributed by atoms with van der Waals surface area (Å²) in [4.78, 5) is 13.5. The Balaban J connectivity index is 1.99. The van der Waals surface area contributed by atoms with Gasteiger partial charge in [-0.25, -0.2) is 0 Å². The second kappa shape index (κ2) is 6.50. The first-order valence-electron chi connectivity index (χ1n) is 6.57. The van der Waals surface area contributed by atoms with E-state index in [0.29, 0.717) is 0 Å². The van der Waals surface area contributed by atoms with Crippen LogP contribution in [0.15, 0.2) is 22.7 Å². The van der Waals surface area contributed by atoms with Crippen LogP contribution in [-0.4, -0.2) is 38.3 Å². The van der Waals surface area contributed by atoms with Gasteiger partial charge in [-0.2, -0.15) is 0 Å². The standard InChI is InChI=1S/C14H19BrN2O2/c1-10-3-4-13(12(15)9-10)16-14(18)11(2)17-5-7-19-8-6-17/h3-4,9,11H,5-8H2,1-2H3,(H,16,18)/p+1/t11-/m0/s1. The summed E-state index contributed by atoms with van der Waals surface area (Å²) in [5, 5.41) is 2.99. The molecule has 0 unspecified atom stereocenters. The van der Waals surface area contributed by atoms with Crippen LogP contribution in [-0.2, 0) is 9.53 Å². The van der Waals surface area contributed by atoms with Gasteiger partial charge in [-0.1, -0.05) is 6.07 Å². The summed E-state index contributed by atoms with van der Waals surface area (Å²) in [6, 6.07) is 5.87. The maximum absolute atomic E-state index is 12.3. The fourth-order valence-electron chi connectivity index (χ4n) is 2.21. The maximum atomic E-state index is 12.3. The quantitative estimate of drug-likeness (QED) is 0.869. The molecule has 0 aromatic heterocycles. The molecule has 0 bridgehead atoms. The van der Waals surface area contributed by atoms with Crippen LogP contribution in [0.3, 0.4) is 0 Å². The van der Waals surface area contributed by atoms with E-state index in [1.807, 2.05) is 32.0 Å². The summed E-state index contributed by atoms with van der Waals surface area (Å²) in [7, 11) is 0. The van der Waals surface area contributed by atoms with Crippen molar-refractivity contribution in [3.8, 4) is 0 Å². The Hall–Kier alpha value is -0.910. The minimum absolute atomic E-state index is 0.0569. The summed E-state index contributed by atoms with van der Waals surface area (Å²) < 4.78 is 6.24. The minimum Gasteiger partial charge on any atom is -0.370 e. The summed E-state index contributed by atoms with van der Waals surface area (Å²) in [6.07, 6.45) is 0. The lowest BCUT2D eigenvalue weighted by Gasteiger charge is -2.28. The lowest BCUT2D eigenvalue weighted by Crippen LogP contribution is -3.18. The van der Waals surface area contributed by atoms with Gasteiger partial charge in [0.25, 0.3) is 5.91 Å². The lowest BCUT2D eigenvalue weighted by molar-refractivity contribution is -0.921. The fraction of sp³-hybridized carbons (Fsp3) is 0.500. The van der Waals surface area contributed by atoms with Crippen molar-refractivity contribution >= 4 is 27.5 Å². The Morgan fingerprint density at radius 3 is 2.74 bits per heavy atom. The van der Waals surface area contributed by atoms with Crippen molar-refractivity contribution in [3.63, 3.8) is 0 Å². The number of hydrogen-bond acceptors (Lipinski definition) is 2. The van der Waals surface area contributed by atoms with Gasteiger partial charge in [-0.05, 0) is 47.5 Å². The number of quaternary nitrogens is 1. The first-order valence-corrected chi connectivity index (χ1v) is 7.36. The molecule has 1 aromatic rings. The Morgan fingerprint density at radius 2 is 2.11 bits per heavy atom. The molecule has 1 atom stereocenters. The molecule has 19 heavy (non-hydrogen) atoms. The molecule has 1 saturated heterocycles. The van der Waals surface area contributed by atoms with Crippen molar-refractivity contribution in [3.05, 3.63) is 28.2 Å². The minimum atomic E-state index is -0.0582. The van der Waals surface area contributed by atoms with Gasteiger partial charge in [0.2, 0.25) is 0 Å². The fourth-order valence-corrected chi connectivity index (χ4v) is 2.81. The zero-order valence-corrected chi connectivity index (χ0v) is 12.9. The van der Waals surface area contributed by atoms with Gasteiger partial charge < -0.3 is 15.0 Å². The van der Waals surface area contributed by atoms with E-state index in [1.54, 1.807) is 0 Å². The molecule has 1 aliphatic rings. The molecule has 0 aliphatic carbocycles. The Bertz CT molecular complexity index is 459. The SMILES string of the molecule is Cc1ccc(NC(=O)[C@H](C)[NH+]2CCOCC2)c(Br)c1. The van der Waals surface area contributed by atoms with E-state index in [1.165, 1.54) is 4.90 Å². The van der Waals surface area contributed by atoms with Crippen molar-refractivity contribution in [2.24, 2.45) is 0 Å². The number of ether oxygens (including phenoxy) is 1. The van der Waals surface area contributed by atoms with E-state index in [4.69, 9.17) is 4.74 Å². The number of halogens is 1. The van der Waals surface area contributed by atoms with Crippen LogP contribution in [0.1, 0.15) is 12.5 Å². The van der Waals surface area contributed by atoms with E-state index in [-0.39, 0.29) is 11.9 Å². The highest BCUT2D eigenvalue weighted by Gasteiger charge is 2.27. The summed E-state index contributed by atoms with van der Waals surface area (Å²) in [6.45, 7) is 7.25. The van der Waals surface area contributed by atoms with E-state index in [0.717, 1.165) is 42.0 Å². The van der Waals surface area contributed by atoms with Gasteiger partial charge >= 0.3 is 0 Å². The van der Waals surface area contributed by atoms with Crippen LogP contribution in [0.25, 0.3) is 0 Å². The number of hydrogen-bond donors (Lipinski definition) is 2. The first-order chi connectivity index (χ1) is 9.08. The molecule has 2 rings (SSSR count). The monoisotopic (exact) mass is 327 g/mol. The van der Waals surface area contributed by atoms with E-state index in [2.05, 4.69) is 21.2 Å². The zero-order chi connectivity index (χ0) is 13.8. The highest BCUT2D eigenvalue weighted by atomic mass is 79.9. The smallest absolute Gasteiger partial charge is 0.282 e. The molecule has 0 spiro atoms. The largest absolute Gasteiger partial charge is 0.370 e. The van der Waals surface area contributed by atoms with Crippen LogP contribution < -0.4 is 10.2 Å². The number of carbonyl (C=O) groups is 1. The van der Waals surface area contributed by atoms with Gasteiger partial charge in [0, 0.05) is 4.47 Å². The number of morpholine rings is 1.